The fourth-order valence-corrected chi connectivity index (χ4v) is 6.58. The number of sulfone groups is 1. The summed E-state index contributed by atoms with van der Waals surface area (Å²) in [5, 5.41) is 8.89. The highest BCUT2D eigenvalue weighted by Gasteiger charge is 2.44. The van der Waals surface area contributed by atoms with Crippen molar-refractivity contribution in [3.63, 3.8) is 0 Å². The number of hydrogen-bond donors (Lipinski definition) is 1. The second-order valence-electron chi connectivity index (χ2n) is 8.85. The van der Waals surface area contributed by atoms with Gasteiger partial charge in [-0.2, -0.15) is 0 Å². The van der Waals surface area contributed by atoms with Crippen molar-refractivity contribution in [3.05, 3.63) is 34.4 Å². The first-order chi connectivity index (χ1) is 12.9. The quantitative estimate of drug-likeness (QED) is 0.531. The SMILES string of the molecule is CC(=O)OCC1C(C)=CC(C(O)/C(C)=C/CC2=C(C)CCCC2(C)C)S1(=O)=O. The maximum absolute atomic E-state index is 12.9. The Morgan fingerprint density at radius 1 is 1.36 bits per heavy atom. The van der Waals surface area contributed by atoms with E-state index in [9.17, 15) is 18.3 Å². The Labute approximate surface area is 169 Å². The number of ether oxygens (including phenoxy) is 1. The fourth-order valence-electron chi connectivity index (χ4n) is 4.37. The molecule has 0 amide bonds. The number of rotatable bonds is 6. The Bertz CT molecular complexity index is 814. The number of carbonyl (C=O) groups excluding carboxylic acids is 1. The van der Waals surface area contributed by atoms with E-state index in [-0.39, 0.29) is 12.0 Å². The van der Waals surface area contributed by atoms with Crippen molar-refractivity contribution in [2.75, 3.05) is 6.61 Å². The van der Waals surface area contributed by atoms with Gasteiger partial charge in [0.15, 0.2) is 9.84 Å². The highest BCUT2D eigenvalue weighted by atomic mass is 32.2. The molecule has 0 aromatic rings. The second kappa shape index (κ2) is 8.54. The van der Waals surface area contributed by atoms with Crippen LogP contribution in [0.3, 0.4) is 0 Å². The van der Waals surface area contributed by atoms with Gasteiger partial charge in [0.25, 0.3) is 0 Å². The topological polar surface area (TPSA) is 80.7 Å². The van der Waals surface area contributed by atoms with E-state index in [0.29, 0.717) is 11.1 Å². The second-order valence-corrected chi connectivity index (χ2v) is 11.1. The molecule has 3 atom stereocenters. The highest BCUT2D eigenvalue weighted by molar-refractivity contribution is 7.93. The first kappa shape index (κ1) is 22.9. The highest BCUT2D eigenvalue weighted by Crippen LogP contribution is 2.42. The van der Waals surface area contributed by atoms with E-state index >= 15 is 0 Å². The standard InChI is InChI=1S/C22H34O5S/c1-14-8-7-11-22(5,6)18(14)10-9-15(2)21(24)19-12-16(3)20(28(19,25)26)13-27-17(4)23/h9,12,19-21,24H,7-8,10-11,13H2,1-6H3/b15-9+. The number of aliphatic hydroxyl groups is 1. The summed E-state index contributed by atoms with van der Waals surface area (Å²) in [7, 11) is -3.67. The molecule has 1 aliphatic carbocycles. The summed E-state index contributed by atoms with van der Waals surface area (Å²) in [6.07, 6.45) is 6.64. The molecule has 5 nitrogen and oxygen atoms in total. The van der Waals surface area contributed by atoms with Crippen molar-refractivity contribution >= 4 is 15.8 Å². The van der Waals surface area contributed by atoms with Gasteiger partial charge in [-0.15, -0.1) is 0 Å². The number of carbonyl (C=O) groups is 1. The lowest BCUT2D eigenvalue weighted by Gasteiger charge is -2.34. The molecule has 28 heavy (non-hydrogen) atoms. The number of aliphatic hydroxyl groups excluding tert-OH is 1. The predicted molar refractivity (Wildman–Crippen MR) is 112 cm³/mol. The minimum atomic E-state index is -3.67. The molecule has 3 unspecified atom stereocenters. The van der Waals surface area contributed by atoms with Crippen molar-refractivity contribution in [1.82, 2.24) is 0 Å². The third-order valence-corrected chi connectivity index (χ3v) is 8.69. The van der Waals surface area contributed by atoms with E-state index in [0.717, 1.165) is 19.3 Å². The molecule has 0 saturated carbocycles. The molecule has 1 heterocycles. The molecule has 0 saturated heterocycles. The maximum atomic E-state index is 12.9. The maximum Gasteiger partial charge on any atom is 0.302 e. The molecule has 0 radical (unpaired) electrons. The zero-order chi connectivity index (χ0) is 21.3. The van der Waals surface area contributed by atoms with E-state index in [1.54, 1.807) is 19.9 Å². The number of hydrogen-bond acceptors (Lipinski definition) is 5. The van der Waals surface area contributed by atoms with Crippen LogP contribution in [0.5, 0.6) is 0 Å². The molecular weight excluding hydrogens is 376 g/mol. The zero-order valence-electron chi connectivity index (χ0n) is 17.9. The summed E-state index contributed by atoms with van der Waals surface area (Å²) >= 11 is 0. The van der Waals surface area contributed by atoms with Crippen LogP contribution in [-0.2, 0) is 19.4 Å². The molecule has 1 aliphatic heterocycles. The van der Waals surface area contributed by atoms with E-state index in [2.05, 4.69) is 20.8 Å². The molecule has 2 aliphatic rings. The third-order valence-electron chi connectivity index (χ3n) is 6.24. The minimum Gasteiger partial charge on any atom is -0.464 e. The van der Waals surface area contributed by atoms with Gasteiger partial charge in [-0.3, -0.25) is 4.79 Å². The van der Waals surface area contributed by atoms with E-state index < -0.39 is 32.4 Å². The summed E-state index contributed by atoms with van der Waals surface area (Å²) in [6, 6.07) is 0. The van der Waals surface area contributed by atoms with Gasteiger partial charge in [0.05, 0.1) is 6.10 Å². The molecule has 0 aromatic carbocycles. The van der Waals surface area contributed by atoms with Crippen LogP contribution in [-0.4, -0.2) is 42.7 Å². The molecule has 2 rings (SSSR count). The summed E-state index contributed by atoms with van der Waals surface area (Å²) in [5.41, 5.74) is 4.20. The van der Waals surface area contributed by atoms with E-state index in [1.807, 2.05) is 6.08 Å². The Hall–Kier alpha value is -1.40. The monoisotopic (exact) mass is 410 g/mol. The van der Waals surface area contributed by atoms with Crippen LogP contribution < -0.4 is 0 Å². The van der Waals surface area contributed by atoms with E-state index in [1.165, 1.54) is 24.5 Å². The van der Waals surface area contributed by atoms with Gasteiger partial charge in [-0.05, 0) is 57.4 Å². The summed E-state index contributed by atoms with van der Waals surface area (Å²) in [4.78, 5) is 11.1. The Balaban J connectivity index is 2.17. The van der Waals surface area contributed by atoms with Gasteiger partial charge in [0.1, 0.15) is 17.1 Å². The third kappa shape index (κ3) is 4.77. The van der Waals surface area contributed by atoms with Gasteiger partial charge < -0.3 is 9.84 Å². The molecule has 0 aromatic heterocycles. The lowest BCUT2D eigenvalue weighted by atomic mass is 9.71. The minimum absolute atomic E-state index is 0.134. The van der Waals surface area contributed by atoms with Crippen LogP contribution in [0.1, 0.15) is 67.2 Å². The molecule has 6 heteroatoms. The first-order valence-electron chi connectivity index (χ1n) is 9.96. The van der Waals surface area contributed by atoms with Crippen molar-refractivity contribution < 1.29 is 23.1 Å². The predicted octanol–water partition coefficient (Wildman–Crippen LogP) is 3.89. The fraction of sp³-hybridized carbons (Fsp3) is 0.682. The van der Waals surface area contributed by atoms with Crippen LogP contribution in [0.25, 0.3) is 0 Å². The van der Waals surface area contributed by atoms with Gasteiger partial charge in [0, 0.05) is 6.92 Å². The van der Waals surface area contributed by atoms with Gasteiger partial charge >= 0.3 is 5.97 Å². The molecule has 1 N–H and O–H groups in total. The Kier molecular flexibility index (Phi) is 6.98. The van der Waals surface area contributed by atoms with Gasteiger partial charge in [-0.1, -0.05) is 42.7 Å². The lowest BCUT2D eigenvalue weighted by molar-refractivity contribution is -0.140. The molecule has 0 bridgehead atoms. The van der Waals surface area contributed by atoms with Gasteiger partial charge in [-0.25, -0.2) is 8.42 Å². The summed E-state index contributed by atoms with van der Waals surface area (Å²) in [5.74, 6) is -0.512. The summed E-state index contributed by atoms with van der Waals surface area (Å²) in [6.45, 7) is 11.2. The van der Waals surface area contributed by atoms with Crippen LogP contribution in [0, 0.1) is 5.41 Å². The number of esters is 1. The molecule has 0 fully saturated rings. The van der Waals surface area contributed by atoms with Crippen molar-refractivity contribution in [2.45, 2.75) is 83.8 Å². The van der Waals surface area contributed by atoms with Crippen molar-refractivity contribution in [1.29, 1.82) is 0 Å². The molecule has 0 spiro atoms. The van der Waals surface area contributed by atoms with Crippen molar-refractivity contribution in [2.24, 2.45) is 5.41 Å². The Morgan fingerprint density at radius 3 is 2.57 bits per heavy atom. The summed E-state index contributed by atoms with van der Waals surface area (Å²) < 4.78 is 30.7. The average molecular weight is 411 g/mol. The smallest absolute Gasteiger partial charge is 0.302 e. The zero-order valence-corrected chi connectivity index (χ0v) is 18.7. The average Bonchev–Trinajstić information content (AvgIpc) is 2.79. The Morgan fingerprint density at radius 2 is 2.00 bits per heavy atom. The van der Waals surface area contributed by atoms with E-state index in [4.69, 9.17) is 4.74 Å². The lowest BCUT2D eigenvalue weighted by Crippen LogP contribution is -2.37. The van der Waals surface area contributed by atoms with Crippen LogP contribution in [0.15, 0.2) is 34.4 Å². The molecule has 158 valence electrons. The first-order valence-corrected chi connectivity index (χ1v) is 11.6. The molecular formula is C22H34O5S. The van der Waals surface area contributed by atoms with Crippen molar-refractivity contribution in [3.8, 4) is 0 Å². The van der Waals surface area contributed by atoms with Crippen LogP contribution in [0.2, 0.25) is 0 Å². The normalized spacial score (nSPS) is 28.1. The van der Waals surface area contributed by atoms with Crippen LogP contribution in [0.4, 0.5) is 0 Å². The number of allylic oxidation sites excluding steroid dienone is 3. The largest absolute Gasteiger partial charge is 0.464 e. The van der Waals surface area contributed by atoms with Crippen LogP contribution >= 0.6 is 0 Å². The van der Waals surface area contributed by atoms with Gasteiger partial charge in [0.2, 0.25) is 0 Å².